The fraction of sp³-hybridized carbons (Fsp3) is 0.304. The molecule has 2 aromatic rings. The molecule has 2 aromatic carbocycles. The fourth-order valence-electron chi connectivity index (χ4n) is 3.76. The number of hydrogen-bond acceptors (Lipinski definition) is 3. The number of allylic oxidation sites excluding steroid dienone is 1. The standard InChI is InChI=1S/C23H26F2N4O2/c24-18-8-4-16(5-9-18)20(17-6-10-19(25)11-7-17)3-1-2-12-28-13-14-29(23(27)31)15-21(28)22(26)30/h3-11,21H,1-2,12-15H2,(H2,26,30)(H2,27,31). The van der Waals surface area contributed by atoms with Crippen LogP contribution in [0.25, 0.3) is 5.57 Å². The number of primary amides is 2. The molecule has 0 aliphatic carbocycles. The number of benzene rings is 2. The smallest absolute Gasteiger partial charge is 0.314 e. The van der Waals surface area contributed by atoms with Crippen LogP contribution in [0.2, 0.25) is 0 Å². The molecule has 0 radical (unpaired) electrons. The Labute approximate surface area is 180 Å². The summed E-state index contributed by atoms with van der Waals surface area (Å²) in [5, 5.41) is 0. The van der Waals surface area contributed by atoms with Gasteiger partial charge in [-0.3, -0.25) is 9.69 Å². The van der Waals surface area contributed by atoms with Crippen LogP contribution in [-0.4, -0.2) is 54.0 Å². The Balaban J connectivity index is 1.69. The number of carbonyl (C=O) groups is 2. The van der Waals surface area contributed by atoms with E-state index in [0.717, 1.165) is 23.1 Å². The third-order valence-corrected chi connectivity index (χ3v) is 5.44. The van der Waals surface area contributed by atoms with Crippen molar-refractivity contribution >= 4 is 17.5 Å². The van der Waals surface area contributed by atoms with Crippen LogP contribution in [0.3, 0.4) is 0 Å². The van der Waals surface area contributed by atoms with E-state index in [1.165, 1.54) is 29.2 Å². The number of halogens is 2. The lowest BCUT2D eigenvalue weighted by Crippen LogP contribution is -2.60. The Morgan fingerprint density at radius 1 is 0.935 bits per heavy atom. The van der Waals surface area contributed by atoms with Gasteiger partial charge in [-0.25, -0.2) is 13.6 Å². The maximum absolute atomic E-state index is 13.4. The quantitative estimate of drug-likeness (QED) is 0.664. The van der Waals surface area contributed by atoms with E-state index < -0.39 is 18.0 Å². The molecule has 0 aromatic heterocycles. The van der Waals surface area contributed by atoms with Crippen LogP contribution >= 0.6 is 0 Å². The van der Waals surface area contributed by atoms with Crippen LogP contribution in [0.4, 0.5) is 13.6 Å². The summed E-state index contributed by atoms with van der Waals surface area (Å²) in [4.78, 5) is 26.6. The fourth-order valence-corrected chi connectivity index (χ4v) is 3.76. The van der Waals surface area contributed by atoms with E-state index in [4.69, 9.17) is 11.5 Å². The van der Waals surface area contributed by atoms with Gasteiger partial charge in [0, 0.05) is 19.6 Å². The highest BCUT2D eigenvalue weighted by atomic mass is 19.1. The molecule has 8 heteroatoms. The molecule has 1 atom stereocenters. The molecule has 0 bridgehead atoms. The number of piperazine rings is 1. The third-order valence-electron chi connectivity index (χ3n) is 5.44. The van der Waals surface area contributed by atoms with Crippen LogP contribution in [-0.2, 0) is 4.79 Å². The molecule has 164 valence electrons. The minimum atomic E-state index is -0.570. The highest BCUT2D eigenvalue weighted by Gasteiger charge is 2.31. The van der Waals surface area contributed by atoms with Gasteiger partial charge in [-0.1, -0.05) is 30.3 Å². The van der Waals surface area contributed by atoms with E-state index in [9.17, 15) is 18.4 Å². The third kappa shape index (κ3) is 5.88. The molecule has 3 rings (SSSR count). The van der Waals surface area contributed by atoms with E-state index >= 15 is 0 Å². The van der Waals surface area contributed by atoms with Crippen LogP contribution in [0.5, 0.6) is 0 Å². The van der Waals surface area contributed by atoms with Crippen LogP contribution in [0.1, 0.15) is 24.0 Å². The molecule has 1 saturated heterocycles. The first-order valence-corrected chi connectivity index (χ1v) is 10.1. The second kappa shape index (κ2) is 10.2. The van der Waals surface area contributed by atoms with Crippen LogP contribution in [0, 0.1) is 11.6 Å². The summed E-state index contributed by atoms with van der Waals surface area (Å²) in [5.74, 6) is -1.13. The summed E-state index contributed by atoms with van der Waals surface area (Å²) in [7, 11) is 0. The van der Waals surface area contributed by atoms with Crippen molar-refractivity contribution in [3.05, 3.63) is 77.4 Å². The minimum Gasteiger partial charge on any atom is -0.368 e. The van der Waals surface area contributed by atoms with Gasteiger partial charge in [-0.2, -0.15) is 0 Å². The molecule has 0 spiro atoms. The molecule has 4 N–H and O–H groups in total. The zero-order valence-electron chi connectivity index (χ0n) is 17.1. The second-order valence-corrected chi connectivity index (χ2v) is 7.51. The summed E-state index contributed by atoms with van der Waals surface area (Å²) < 4.78 is 26.7. The van der Waals surface area contributed by atoms with E-state index in [0.29, 0.717) is 26.1 Å². The lowest BCUT2D eigenvalue weighted by atomic mass is 9.96. The van der Waals surface area contributed by atoms with Crippen molar-refractivity contribution in [3.63, 3.8) is 0 Å². The molecule has 1 aliphatic rings. The number of amides is 3. The number of hydrogen-bond donors (Lipinski definition) is 2. The van der Waals surface area contributed by atoms with Crippen molar-refractivity contribution < 1.29 is 18.4 Å². The highest BCUT2D eigenvalue weighted by Crippen LogP contribution is 2.25. The molecular weight excluding hydrogens is 402 g/mol. The van der Waals surface area contributed by atoms with E-state index in [2.05, 4.69) is 0 Å². The Morgan fingerprint density at radius 3 is 1.97 bits per heavy atom. The van der Waals surface area contributed by atoms with Crippen molar-refractivity contribution in [2.75, 3.05) is 26.2 Å². The number of unbranched alkanes of at least 4 members (excludes halogenated alkanes) is 1. The lowest BCUT2D eigenvalue weighted by molar-refractivity contribution is -0.125. The number of carbonyl (C=O) groups excluding carboxylic acids is 2. The van der Waals surface area contributed by atoms with Crippen molar-refractivity contribution in [2.45, 2.75) is 18.9 Å². The van der Waals surface area contributed by atoms with Gasteiger partial charge in [-0.15, -0.1) is 0 Å². The van der Waals surface area contributed by atoms with Gasteiger partial charge in [0.1, 0.15) is 17.7 Å². The molecule has 1 unspecified atom stereocenters. The minimum absolute atomic E-state index is 0.191. The molecular formula is C23H26F2N4O2. The topological polar surface area (TPSA) is 92.7 Å². The van der Waals surface area contributed by atoms with Gasteiger partial charge in [0.05, 0.1) is 0 Å². The van der Waals surface area contributed by atoms with Crippen molar-refractivity contribution in [1.29, 1.82) is 0 Å². The van der Waals surface area contributed by atoms with Gasteiger partial charge in [0.25, 0.3) is 0 Å². The predicted octanol–water partition coefficient (Wildman–Crippen LogP) is 2.73. The first kappa shape index (κ1) is 22.4. The monoisotopic (exact) mass is 428 g/mol. The second-order valence-electron chi connectivity index (χ2n) is 7.51. The van der Waals surface area contributed by atoms with E-state index in [1.807, 2.05) is 11.0 Å². The zero-order chi connectivity index (χ0) is 22.4. The number of urea groups is 1. The van der Waals surface area contributed by atoms with Crippen LogP contribution < -0.4 is 11.5 Å². The molecule has 31 heavy (non-hydrogen) atoms. The predicted molar refractivity (Wildman–Crippen MR) is 115 cm³/mol. The molecule has 1 aliphatic heterocycles. The first-order chi connectivity index (χ1) is 14.8. The zero-order valence-corrected chi connectivity index (χ0v) is 17.1. The van der Waals surface area contributed by atoms with E-state index in [-0.39, 0.29) is 18.2 Å². The first-order valence-electron chi connectivity index (χ1n) is 10.1. The molecule has 1 heterocycles. The maximum Gasteiger partial charge on any atom is 0.314 e. The Bertz CT molecular complexity index is 898. The van der Waals surface area contributed by atoms with Gasteiger partial charge in [0.2, 0.25) is 5.91 Å². The van der Waals surface area contributed by atoms with Crippen molar-refractivity contribution in [2.24, 2.45) is 11.5 Å². The molecule has 6 nitrogen and oxygen atoms in total. The number of rotatable bonds is 7. The summed E-state index contributed by atoms with van der Waals surface area (Å²) >= 11 is 0. The van der Waals surface area contributed by atoms with E-state index in [1.54, 1.807) is 24.3 Å². The van der Waals surface area contributed by atoms with Gasteiger partial charge in [0.15, 0.2) is 0 Å². The largest absolute Gasteiger partial charge is 0.368 e. The van der Waals surface area contributed by atoms with Gasteiger partial charge >= 0.3 is 6.03 Å². The number of nitrogens with zero attached hydrogens (tertiary/aromatic N) is 2. The lowest BCUT2D eigenvalue weighted by Gasteiger charge is -2.39. The average Bonchev–Trinajstić information content (AvgIpc) is 2.75. The average molecular weight is 428 g/mol. The van der Waals surface area contributed by atoms with Crippen molar-refractivity contribution in [1.82, 2.24) is 9.80 Å². The molecule has 0 saturated carbocycles. The normalized spacial score (nSPS) is 16.7. The summed E-state index contributed by atoms with van der Waals surface area (Å²) in [6.07, 6.45) is 3.46. The summed E-state index contributed by atoms with van der Waals surface area (Å²) in [5.41, 5.74) is 13.4. The van der Waals surface area contributed by atoms with Gasteiger partial charge in [-0.05, 0) is 60.4 Å². The number of nitrogens with two attached hydrogens (primary N) is 2. The SMILES string of the molecule is NC(=O)C1CN(C(N)=O)CCN1CCCC=C(c1ccc(F)cc1)c1ccc(F)cc1. The summed E-state index contributed by atoms with van der Waals surface area (Å²) in [6, 6.07) is 11.2. The summed E-state index contributed by atoms with van der Waals surface area (Å²) in [6.45, 7) is 1.78. The highest BCUT2D eigenvalue weighted by molar-refractivity contribution is 5.82. The molecule has 1 fully saturated rings. The maximum atomic E-state index is 13.4. The Hall–Kier alpha value is -3.26. The Kier molecular flexibility index (Phi) is 7.36. The molecule has 3 amide bonds. The van der Waals surface area contributed by atoms with Gasteiger partial charge < -0.3 is 16.4 Å². The Morgan fingerprint density at radius 2 is 1.48 bits per heavy atom. The van der Waals surface area contributed by atoms with Crippen LogP contribution in [0.15, 0.2) is 54.6 Å². The van der Waals surface area contributed by atoms with Crippen molar-refractivity contribution in [3.8, 4) is 0 Å².